The van der Waals surface area contributed by atoms with Crippen molar-refractivity contribution in [3.8, 4) is 5.75 Å². The minimum Gasteiger partial charge on any atom is -0.492 e. The Labute approximate surface area is 118 Å². The van der Waals surface area contributed by atoms with Crippen LogP contribution in [0.4, 0.5) is 0 Å². The summed E-state index contributed by atoms with van der Waals surface area (Å²) >= 11 is 0. The molecule has 0 heterocycles. The molecular weight excluding hydrogens is 234 g/mol. The first-order valence-corrected chi connectivity index (χ1v) is 7.40. The first-order chi connectivity index (χ1) is 8.95. The number of ether oxygens (including phenoxy) is 1. The highest BCUT2D eigenvalue weighted by Gasteiger charge is 2.18. The van der Waals surface area contributed by atoms with E-state index < -0.39 is 0 Å². The maximum Gasteiger partial charge on any atom is 0.123 e. The number of rotatable bonds is 7. The van der Waals surface area contributed by atoms with E-state index in [1.807, 2.05) is 0 Å². The SMILES string of the molecule is CCCCNCCOc1ccc(C)cc1C(C)(C)C. The number of hydrogen-bond donors (Lipinski definition) is 1. The highest BCUT2D eigenvalue weighted by Crippen LogP contribution is 2.31. The minimum atomic E-state index is 0.122. The highest BCUT2D eigenvalue weighted by molar-refractivity contribution is 5.41. The lowest BCUT2D eigenvalue weighted by Crippen LogP contribution is -2.23. The summed E-state index contributed by atoms with van der Waals surface area (Å²) in [5.41, 5.74) is 2.70. The van der Waals surface area contributed by atoms with Gasteiger partial charge in [-0.15, -0.1) is 0 Å². The van der Waals surface area contributed by atoms with E-state index in [1.54, 1.807) is 0 Å². The third-order valence-corrected chi connectivity index (χ3v) is 3.19. The molecule has 0 amide bonds. The largest absolute Gasteiger partial charge is 0.492 e. The van der Waals surface area contributed by atoms with Crippen LogP contribution in [0.5, 0.6) is 5.75 Å². The van der Waals surface area contributed by atoms with E-state index in [1.165, 1.54) is 24.0 Å². The van der Waals surface area contributed by atoms with Crippen molar-refractivity contribution in [1.82, 2.24) is 5.32 Å². The molecule has 0 atom stereocenters. The Balaban J connectivity index is 2.54. The van der Waals surface area contributed by atoms with Crippen molar-refractivity contribution in [3.63, 3.8) is 0 Å². The van der Waals surface area contributed by atoms with Crippen molar-refractivity contribution in [2.24, 2.45) is 0 Å². The van der Waals surface area contributed by atoms with Gasteiger partial charge >= 0.3 is 0 Å². The van der Waals surface area contributed by atoms with Crippen molar-refractivity contribution >= 4 is 0 Å². The molecule has 1 N–H and O–H groups in total. The Morgan fingerprint density at radius 1 is 1.16 bits per heavy atom. The second-order valence-electron chi connectivity index (χ2n) is 6.20. The van der Waals surface area contributed by atoms with Crippen LogP contribution in [0, 0.1) is 6.92 Å². The molecule has 2 nitrogen and oxygen atoms in total. The lowest BCUT2D eigenvalue weighted by molar-refractivity contribution is 0.305. The molecule has 0 saturated carbocycles. The van der Waals surface area contributed by atoms with Crippen LogP contribution in [-0.2, 0) is 5.41 Å². The summed E-state index contributed by atoms with van der Waals surface area (Å²) in [5.74, 6) is 1.02. The molecular formula is C17H29NO. The van der Waals surface area contributed by atoms with Crippen LogP contribution >= 0.6 is 0 Å². The Morgan fingerprint density at radius 2 is 1.89 bits per heavy atom. The zero-order valence-electron chi connectivity index (χ0n) is 13.2. The van der Waals surface area contributed by atoms with E-state index in [0.717, 1.165) is 25.4 Å². The Kier molecular flexibility index (Phi) is 6.36. The summed E-state index contributed by atoms with van der Waals surface area (Å²) in [6.07, 6.45) is 2.47. The van der Waals surface area contributed by atoms with Crippen LogP contribution in [0.2, 0.25) is 0 Å². The van der Waals surface area contributed by atoms with E-state index in [-0.39, 0.29) is 5.41 Å². The van der Waals surface area contributed by atoms with Gasteiger partial charge in [0.05, 0.1) is 0 Å². The molecule has 0 fully saturated rings. The van der Waals surface area contributed by atoms with Crippen molar-refractivity contribution < 1.29 is 4.74 Å². The maximum absolute atomic E-state index is 5.94. The second kappa shape index (κ2) is 7.54. The van der Waals surface area contributed by atoms with Crippen LogP contribution < -0.4 is 10.1 Å². The summed E-state index contributed by atoms with van der Waals surface area (Å²) in [6.45, 7) is 13.8. The van der Waals surface area contributed by atoms with Gasteiger partial charge in [0, 0.05) is 6.54 Å². The lowest BCUT2D eigenvalue weighted by atomic mass is 9.85. The minimum absolute atomic E-state index is 0.122. The van der Waals surface area contributed by atoms with Crippen molar-refractivity contribution in [2.75, 3.05) is 19.7 Å². The zero-order valence-corrected chi connectivity index (χ0v) is 13.2. The molecule has 0 aliphatic heterocycles. The van der Waals surface area contributed by atoms with E-state index in [9.17, 15) is 0 Å². The van der Waals surface area contributed by atoms with Gasteiger partial charge in [0.15, 0.2) is 0 Å². The molecule has 1 aromatic carbocycles. The molecule has 2 heteroatoms. The van der Waals surface area contributed by atoms with Crippen LogP contribution in [-0.4, -0.2) is 19.7 Å². The molecule has 0 aromatic heterocycles. The number of hydrogen-bond acceptors (Lipinski definition) is 2. The highest BCUT2D eigenvalue weighted by atomic mass is 16.5. The monoisotopic (exact) mass is 263 g/mol. The molecule has 0 bridgehead atoms. The van der Waals surface area contributed by atoms with Gasteiger partial charge in [-0.1, -0.05) is 51.8 Å². The summed E-state index contributed by atoms with van der Waals surface area (Å²) in [5, 5.41) is 3.40. The van der Waals surface area contributed by atoms with Gasteiger partial charge < -0.3 is 10.1 Å². The summed E-state index contributed by atoms with van der Waals surface area (Å²) in [6, 6.07) is 6.46. The predicted octanol–water partition coefficient (Wildman–Crippen LogP) is 4.06. The molecule has 1 aromatic rings. The predicted molar refractivity (Wildman–Crippen MR) is 83.2 cm³/mol. The quantitative estimate of drug-likeness (QED) is 0.749. The van der Waals surface area contributed by atoms with E-state index in [4.69, 9.17) is 4.74 Å². The fourth-order valence-corrected chi connectivity index (χ4v) is 2.02. The molecule has 0 unspecified atom stereocenters. The summed E-state index contributed by atoms with van der Waals surface area (Å²) < 4.78 is 5.94. The normalized spacial score (nSPS) is 11.6. The van der Waals surface area contributed by atoms with E-state index in [2.05, 4.69) is 58.1 Å². The van der Waals surface area contributed by atoms with Gasteiger partial charge in [-0.3, -0.25) is 0 Å². The first kappa shape index (κ1) is 16.0. The van der Waals surface area contributed by atoms with Gasteiger partial charge in [-0.05, 0) is 36.9 Å². The third kappa shape index (κ3) is 5.65. The average molecular weight is 263 g/mol. The number of unbranched alkanes of at least 4 members (excludes halogenated alkanes) is 1. The van der Waals surface area contributed by atoms with Gasteiger partial charge in [0.25, 0.3) is 0 Å². The first-order valence-electron chi connectivity index (χ1n) is 7.40. The van der Waals surface area contributed by atoms with Crippen LogP contribution in [0.25, 0.3) is 0 Å². The topological polar surface area (TPSA) is 21.3 Å². The Hall–Kier alpha value is -1.02. The molecule has 1 rings (SSSR count). The molecule has 19 heavy (non-hydrogen) atoms. The van der Waals surface area contributed by atoms with Gasteiger partial charge in [-0.2, -0.15) is 0 Å². The average Bonchev–Trinajstić information content (AvgIpc) is 2.34. The Morgan fingerprint density at radius 3 is 2.53 bits per heavy atom. The number of benzene rings is 1. The number of nitrogens with one attached hydrogen (secondary N) is 1. The smallest absolute Gasteiger partial charge is 0.123 e. The van der Waals surface area contributed by atoms with Gasteiger partial charge in [0.2, 0.25) is 0 Å². The molecule has 0 aliphatic carbocycles. The van der Waals surface area contributed by atoms with Crippen LogP contribution in [0.15, 0.2) is 18.2 Å². The van der Waals surface area contributed by atoms with E-state index in [0.29, 0.717) is 0 Å². The summed E-state index contributed by atoms with van der Waals surface area (Å²) in [7, 11) is 0. The van der Waals surface area contributed by atoms with Gasteiger partial charge in [0.1, 0.15) is 12.4 Å². The molecule has 0 aliphatic rings. The van der Waals surface area contributed by atoms with Crippen LogP contribution in [0.3, 0.4) is 0 Å². The fraction of sp³-hybridized carbons (Fsp3) is 0.647. The molecule has 108 valence electrons. The van der Waals surface area contributed by atoms with E-state index >= 15 is 0 Å². The van der Waals surface area contributed by atoms with Gasteiger partial charge in [-0.25, -0.2) is 0 Å². The van der Waals surface area contributed by atoms with Crippen molar-refractivity contribution in [3.05, 3.63) is 29.3 Å². The zero-order chi connectivity index (χ0) is 14.3. The second-order valence-corrected chi connectivity index (χ2v) is 6.20. The van der Waals surface area contributed by atoms with Crippen molar-refractivity contribution in [1.29, 1.82) is 0 Å². The third-order valence-electron chi connectivity index (χ3n) is 3.19. The molecule has 0 spiro atoms. The Bertz CT molecular complexity index is 379. The standard InChI is InChI=1S/C17H29NO/c1-6-7-10-18-11-12-19-16-9-8-14(2)13-15(16)17(3,4)5/h8-9,13,18H,6-7,10-12H2,1-5H3. The van der Waals surface area contributed by atoms with Crippen molar-refractivity contribution in [2.45, 2.75) is 52.9 Å². The molecule has 0 radical (unpaired) electrons. The fourth-order valence-electron chi connectivity index (χ4n) is 2.02. The lowest BCUT2D eigenvalue weighted by Gasteiger charge is -2.23. The molecule has 0 saturated heterocycles. The number of aryl methyl sites for hydroxylation is 1. The summed E-state index contributed by atoms with van der Waals surface area (Å²) in [4.78, 5) is 0. The maximum atomic E-state index is 5.94. The van der Waals surface area contributed by atoms with Crippen LogP contribution in [0.1, 0.15) is 51.7 Å².